The lowest BCUT2D eigenvalue weighted by molar-refractivity contribution is -0.122. The van der Waals surface area contributed by atoms with Crippen LogP contribution in [0.3, 0.4) is 0 Å². The molecule has 1 fully saturated rings. The molecule has 0 saturated carbocycles. The van der Waals surface area contributed by atoms with E-state index in [0.29, 0.717) is 23.9 Å². The molecule has 0 aliphatic carbocycles. The van der Waals surface area contributed by atoms with Crippen LogP contribution in [0.5, 0.6) is 0 Å². The fourth-order valence-corrected chi connectivity index (χ4v) is 3.18. The molecule has 1 aliphatic heterocycles. The van der Waals surface area contributed by atoms with Crippen molar-refractivity contribution < 1.29 is 9.18 Å². The first-order valence-corrected chi connectivity index (χ1v) is 8.91. The van der Waals surface area contributed by atoms with Crippen LogP contribution >= 0.6 is 0 Å². The van der Waals surface area contributed by atoms with Crippen LogP contribution in [0.1, 0.15) is 24.8 Å². The lowest BCUT2D eigenvalue weighted by atomic mass is 9.93. The van der Waals surface area contributed by atoms with E-state index < -0.39 is 0 Å². The maximum absolute atomic E-state index is 13.6. The van der Waals surface area contributed by atoms with Crippen LogP contribution in [0.2, 0.25) is 0 Å². The molecule has 26 heavy (non-hydrogen) atoms. The van der Waals surface area contributed by atoms with Gasteiger partial charge >= 0.3 is 0 Å². The fraction of sp³-hybridized carbons (Fsp3) is 0.421. The van der Waals surface area contributed by atoms with Crippen molar-refractivity contribution in [3.63, 3.8) is 0 Å². The van der Waals surface area contributed by atoms with Gasteiger partial charge in [0.2, 0.25) is 11.9 Å². The SMILES string of the molecule is CNc1nccc(N2CCC(CC(=O)NCc3ccccc3F)CC2)n1. The second-order valence-electron chi connectivity index (χ2n) is 6.49. The topological polar surface area (TPSA) is 70.2 Å². The molecule has 0 unspecified atom stereocenters. The molecule has 0 spiro atoms. The van der Waals surface area contributed by atoms with Gasteiger partial charge in [-0.3, -0.25) is 4.79 Å². The number of rotatable bonds is 6. The van der Waals surface area contributed by atoms with Crippen molar-refractivity contribution in [1.82, 2.24) is 15.3 Å². The summed E-state index contributed by atoms with van der Waals surface area (Å²) in [5.74, 6) is 1.56. The van der Waals surface area contributed by atoms with E-state index in [1.165, 1.54) is 6.07 Å². The third-order valence-corrected chi connectivity index (χ3v) is 4.71. The number of hydrogen-bond acceptors (Lipinski definition) is 5. The zero-order valence-corrected chi connectivity index (χ0v) is 14.9. The summed E-state index contributed by atoms with van der Waals surface area (Å²) in [5.41, 5.74) is 0.514. The number of carbonyl (C=O) groups is 1. The summed E-state index contributed by atoms with van der Waals surface area (Å²) in [6.45, 7) is 1.97. The van der Waals surface area contributed by atoms with E-state index in [2.05, 4.69) is 25.5 Å². The molecular formula is C19H24FN5O. The molecular weight excluding hydrogens is 333 g/mol. The summed E-state index contributed by atoms with van der Waals surface area (Å²) in [7, 11) is 1.80. The third kappa shape index (κ3) is 4.68. The zero-order valence-electron chi connectivity index (χ0n) is 14.9. The van der Waals surface area contributed by atoms with Crippen molar-refractivity contribution in [2.24, 2.45) is 5.92 Å². The first-order chi connectivity index (χ1) is 12.7. The molecule has 0 bridgehead atoms. The fourth-order valence-electron chi connectivity index (χ4n) is 3.18. The van der Waals surface area contributed by atoms with Gasteiger partial charge in [-0.05, 0) is 30.9 Å². The Kier molecular flexibility index (Phi) is 5.99. The number of nitrogens with zero attached hydrogens (tertiary/aromatic N) is 3. The highest BCUT2D eigenvalue weighted by molar-refractivity contribution is 5.76. The second kappa shape index (κ2) is 8.60. The molecule has 3 rings (SSSR count). The minimum Gasteiger partial charge on any atom is -0.357 e. The van der Waals surface area contributed by atoms with Gasteiger partial charge in [0.15, 0.2) is 0 Å². The van der Waals surface area contributed by atoms with Gasteiger partial charge in [0.05, 0.1) is 0 Å². The van der Waals surface area contributed by atoms with E-state index in [4.69, 9.17) is 0 Å². The zero-order chi connectivity index (χ0) is 18.4. The van der Waals surface area contributed by atoms with Gasteiger partial charge in [-0.1, -0.05) is 18.2 Å². The van der Waals surface area contributed by atoms with Crippen molar-refractivity contribution in [3.8, 4) is 0 Å². The van der Waals surface area contributed by atoms with Crippen LogP contribution in [0.15, 0.2) is 36.5 Å². The minimum absolute atomic E-state index is 0.0220. The summed E-state index contributed by atoms with van der Waals surface area (Å²) >= 11 is 0. The first-order valence-electron chi connectivity index (χ1n) is 8.91. The summed E-state index contributed by atoms with van der Waals surface area (Å²) in [4.78, 5) is 23.0. The molecule has 1 aliphatic rings. The molecule has 1 saturated heterocycles. The Labute approximate surface area is 152 Å². The molecule has 1 aromatic carbocycles. The Morgan fingerprint density at radius 3 is 2.77 bits per heavy atom. The normalized spacial score (nSPS) is 14.9. The van der Waals surface area contributed by atoms with Crippen LogP contribution in [-0.4, -0.2) is 36.0 Å². The van der Waals surface area contributed by atoms with E-state index in [-0.39, 0.29) is 18.3 Å². The molecule has 1 aromatic heterocycles. The van der Waals surface area contributed by atoms with Gasteiger partial charge in [-0.25, -0.2) is 9.37 Å². The van der Waals surface area contributed by atoms with Gasteiger partial charge in [-0.15, -0.1) is 0 Å². The number of piperidine rings is 1. The Morgan fingerprint density at radius 1 is 1.27 bits per heavy atom. The van der Waals surface area contributed by atoms with E-state index in [9.17, 15) is 9.18 Å². The highest BCUT2D eigenvalue weighted by Crippen LogP contribution is 2.24. The predicted molar refractivity (Wildman–Crippen MR) is 99.4 cm³/mol. The Hall–Kier alpha value is -2.70. The standard InChI is InChI=1S/C19H24FN5O/c1-21-19-22-9-6-17(24-19)25-10-7-14(8-11-25)12-18(26)23-13-15-4-2-3-5-16(15)20/h2-6,9,14H,7-8,10-13H2,1H3,(H,23,26)(H,21,22,24). The van der Waals surface area contributed by atoms with Gasteiger partial charge in [0.25, 0.3) is 0 Å². The largest absolute Gasteiger partial charge is 0.357 e. The van der Waals surface area contributed by atoms with Crippen molar-refractivity contribution in [3.05, 3.63) is 47.9 Å². The van der Waals surface area contributed by atoms with Crippen molar-refractivity contribution >= 4 is 17.7 Å². The van der Waals surface area contributed by atoms with Gasteiger partial charge < -0.3 is 15.5 Å². The van der Waals surface area contributed by atoms with E-state index in [1.54, 1.807) is 31.4 Å². The van der Waals surface area contributed by atoms with E-state index in [1.807, 2.05) is 6.07 Å². The van der Waals surface area contributed by atoms with E-state index in [0.717, 1.165) is 31.7 Å². The molecule has 2 heterocycles. The maximum atomic E-state index is 13.6. The number of hydrogen-bond donors (Lipinski definition) is 2. The molecule has 0 radical (unpaired) electrons. The Balaban J connectivity index is 1.44. The highest BCUT2D eigenvalue weighted by atomic mass is 19.1. The van der Waals surface area contributed by atoms with Crippen LogP contribution in [-0.2, 0) is 11.3 Å². The van der Waals surface area contributed by atoms with Crippen molar-refractivity contribution in [1.29, 1.82) is 0 Å². The summed E-state index contributed by atoms with van der Waals surface area (Å²) in [6, 6.07) is 8.42. The van der Waals surface area contributed by atoms with Gasteiger partial charge in [0, 0.05) is 44.9 Å². The minimum atomic E-state index is -0.285. The van der Waals surface area contributed by atoms with Crippen molar-refractivity contribution in [2.75, 3.05) is 30.4 Å². The van der Waals surface area contributed by atoms with E-state index >= 15 is 0 Å². The number of benzene rings is 1. The number of amides is 1. The number of anilines is 2. The van der Waals surface area contributed by atoms with Crippen LogP contribution in [0, 0.1) is 11.7 Å². The highest BCUT2D eigenvalue weighted by Gasteiger charge is 2.22. The first kappa shape index (κ1) is 18.1. The molecule has 2 N–H and O–H groups in total. The number of halogens is 1. The average molecular weight is 357 g/mol. The summed E-state index contributed by atoms with van der Waals surface area (Å²) < 4.78 is 13.6. The Morgan fingerprint density at radius 2 is 2.04 bits per heavy atom. The smallest absolute Gasteiger partial charge is 0.224 e. The predicted octanol–water partition coefficient (Wildman–Crippen LogP) is 2.58. The van der Waals surface area contributed by atoms with Crippen molar-refractivity contribution in [2.45, 2.75) is 25.8 Å². The molecule has 6 nitrogen and oxygen atoms in total. The monoisotopic (exact) mass is 357 g/mol. The second-order valence-corrected chi connectivity index (χ2v) is 6.49. The molecule has 2 aromatic rings. The third-order valence-electron chi connectivity index (χ3n) is 4.71. The molecule has 138 valence electrons. The average Bonchev–Trinajstić information content (AvgIpc) is 2.68. The van der Waals surface area contributed by atoms with Crippen LogP contribution < -0.4 is 15.5 Å². The number of nitrogens with one attached hydrogen (secondary N) is 2. The molecule has 1 amide bonds. The maximum Gasteiger partial charge on any atom is 0.224 e. The quantitative estimate of drug-likeness (QED) is 0.832. The van der Waals surface area contributed by atoms with Crippen LogP contribution in [0.25, 0.3) is 0 Å². The van der Waals surface area contributed by atoms with Crippen LogP contribution in [0.4, 0.5) is 16.2 Å². The van der Waals surface area contributed by atoms with Gasteiger partial charge in [0.1, 0.15) is 11.6 Å². The lowest BCUT2D eigenvalue weighted by Gasteiger charge is -2.32. The van der Waals surface area contributed by atoms with Gasteiger partial charge in [-0.2, -0.15) is 4.98 Å². The number of carbonyl (C=O) groups excluding carboxylic acids is 1. The summed E-state index contributed by atoms with van der Waals surface area (Å²) in [5, 5.41) is 5.77. The molecule has 7 heteroatoms. The Bertz CT molecular complexity index is 746. The lowest BCUT2D eigenvalue weighted by Crippen LogP contribution is -2.36. The summed E-state index contributed by atoms with van der Waals surface area (Å²) in [6.07, 6.45) is 4.10. The molecule has 0 atom stereocenters. The number of aromatic nitrogens is 2.